The second kappa shape index (κ2) is 6.48. The highest BCUT2D eigenvalue weighted by molar-refractivity contribution is 7.10. The number of carbonyl (C=O) groups excluding carboxylic acids is 1. The molecule has 0 bridgehead atoms. The average Bonchev–Trinajstić information content (AvgIpc) is 3.18. The van der Waals surface area contributed by atoms with E-state index in [2.05, 4.69) is 20.8 Å². The van der Waals surface area contributed by atoms with Gasteiger partial charge in [-0.15, -0.1) is 16.4 Å². The van der Waals surface area contributed by atoms with Crippen LogP contribution >= 0.6 is 11.3 Å². The SMILES string of the molecule is C[C@H](NC(=O)Cc1cccs1)c1nnnn1-c1ccccc1. The van der Waals surface area contributed by atoms with E-state index in [-0.39, 0.29) is 11.9 Å². The normalized spacial score (nSPS) is 12.0. The number of tetrazole rings is 1. The zero-order valence-corrected chi connectivity index (χ0v) is 12.8. The largest absolute Gasteiger partial charge is 0.346 e. The highest BCUT2D eigenvalue weighted by Gasteiger charge is 2.18. The molecule has 3 aromatic rings. The summed E-state index contributed by atoms with van der Waals surface area (Å²) in [6.07, 6.45) is 0.370. The Hall–Kier alpha value is -2.54. The van der Waals surface area contributed by atoms with E-state index in [1.165, 1.54) is 0 Å². The van der Waals surface area contributed by atoms with E-state index in [1.807, 2.05) is 54.8 Å². The predicted octanol–water partition coefficient (Wildman–Crippen LogP) is 2.14. The minimum Gasteiger partial charge on any atom is -0.346 e. The topological polar surface area (TPSA) is 72.7 Å². The molecule has 0 aliphatic heterocycles. The maximum absolute atomic E-state index is 12.1. The van der Waals surface area contributed by atoms with Crippen LogP contribution in [-0.4, -0.2) is 26.1 Å². The summed E-state index contributed by atoms with van der Waals surface area (Å²) in [5.74, 6) is 0.559. The molecule has 2 heterocycles. The number of thiophene rings is 1. The van der Waals surface area contributed by atoms with Gasteiger partial charge < -0.3 is 5.32 Å². The molecule has 0 radical (unpaired) electrons. The minimum atomic E-state index is -0.275. The molecule has 1 atom stereocenters. The molecule has 0 aliphatic rings. The molecule has 112 valence electrons. The van der Waals surface area contributed by atoms with Crippen molar-refractivity contribution in [2.24, 2.45) is 0 Å². The lowest BCUT2D eigenvalue weighted by Crippen LogP contribution is -2.29. The Balaban J connectivity index is 1.72. The molecule has 1 aromatic carbocycles. The molecule has 0 aliphatic carbocycles. The fourth-order valence-electron chi connectivity index (χ4n) is 2.15. The molecular weight excluding hydrogens is 298 g/mol. The maximum Gasteiger partial charge on any atom is 0.225 e. The van der Waals surface area contributed by atoms with Crippen LogP contribution in [-0.2, 0) is 11.2 Å². The van der Waals surface area contributed by atoms with Crippen molar-refractivity contribution in [1.29, 1.82) is 0 Å². The molecule has 3 rings (SSSR count). The zero-order valence-electron chi connectivity index (χ0n) is 12.0. The van der Waals surface area contributed by atoms with Gasteiger partial charge in [0.15, 0.2) is 5.82 Å². The second-order valence-corrected chi connectivity index (χ2v) is 5.86. The molecule has 22 heavy (non-hydrogen) atoms. The third-order valence-electron chi connectivity index (χ3n) is 3.17. The lowest BCUT2D eigenvalue weighted by Gasteiger charge is -2.13. The maximum atomic E-state index is 12.1. The lowest BCUT2D eigenvalue weighted by molar-refractivity contribution is -0.121. The summed E-state index contributed by atoms with van der Waals surface area (Å²) < 4.78 is 1.64. The third kappa shape index (κ3) is 3.20. The van der Waals surface area contributed by atoms with E-state index in [0.29, 0.717) is 12.2 Å². The number of hydrogen-bond donors (Lipinski definition) is 1. The number of hydrogen-bond acceptors (Lipinski definition) is 5. The molecule has 2 aromatic heterocycles. The lowest BCUT2D eigenvalue weighted by atomic mass is 10.2. The van der Waals surface area contributed by atoms with Crippen LogP contribution < -0.4 is 5.32 Å². The average molecular weight is 313 g/mol. The fourth-order valence-corrected chi connectivity index (χ4v) is 2.85. The molecule has 1 amide bonds. The van der Waals surface area contributed by atoms with Gasteiger partial charge in [-0.3, -0.25) is 4.79 Å². The van der Waals surface area contributed by atoms with Crippen molar-refractivity contribution in [1.82, 2.24) is 25.5 Å². The molecule has 0 saturated heterocycles. The molecule has 1 N–H and O–H groups in total. The Morgan fingerprint density at radius 2 is 2.09 bits per heavy atom. The first-order valence-corrected chi connectivity index (χ1v) is 7.77. The number of aromatic nitrogens is 4. The monoisotopic (exact) mass is 313 g/mol. The van der Waals surface area contributed by atoms with Gasteiger partial charge in [0, 0.05) is 4.88 Å². The van der Waals surface area contributed by atoms with Crippen molar-refractivity contribution in [3.05, 3.63) is 58.5 Å². The van der Waals surface area contributed by atoms with Crippen molar-refractivity contribution >= 4 is 17.2 Å². The van der Waals surface area contributed by atoms with E-state index in [0.717, 1.165) is 10.6 Å². The fraction of sp³-hybridized carbons (Fsp3) is 0.200. The van der Waals surface area contributed by atoms with Gasteiger partial charge in [0.2, 0.25) is 5.91 Å². The Morgan fingerprint density at radius 1 is 1.27 bits per heavy atom. The summed E-state index contributed by atoms with van der Waals surface area (Å²) in [5, 5.41) is 16.6. The summed E-state index contributed by atoms with van der Waals surface area (Å²) in [7, 11) is 0. The van der Waals surface area contributed by atoms with E-state index in [9.17, 15) is 4.79 Å². The van der Waals surface area contributed by atoms with Crippen LogP contribution in [0, 0.1) is 0 Å². The molecule has 0 saturated carbocycles. The highest BCUT2D eigenvalue weighted by atomic mass is 32.1. The Labute approximate surface area is 131 Å². The van der Waals surface area contributed by atoms with Gasteiger partial charge >= 0.3 is 0 Å². The quantitative estimate of drug-likeness (QED) is 0.783. The predicted molar refractivity (Wildman–Crippen MR) is 83.7 cm³/mol. The van der Waals surface area contributed by atoms with Crippen LogP contribution in [0.5, 0.6) is 0 Å². The van der Waals surface area contributed by atoms with Gasteiger partial charge in [-0.05, 0) is 40.9 Å². The van der Waals surface area contributed by atoms with Crippen LogP contribution in [0.15, 0.2) is 47.8 Å². The molecule has 0 spiro atoms. The van der Waals surface area contributed by atoms with Gasteiger partial charge in [0.1, 0.15) is 0 Å². The van der Waals surface area contributed by atoms with Crippen molar-refractivity contribution < 1.29 is 4.79 Å². The third-order valence-corrected chi connectivity index (χ3v) is 4.05. The van der Waals surface area contributed by atoms with Crippen LogP contribution in [0.3, 0.4) is 0 Å². The first-order valence-electron chi connectivity index (χ1n) is 6.89. The van der Waals surface area contributed by atoms with Gasteiger partial charge in [-0.2, -0.15) is 4.68 Å². The van der Waals surface area contributed by atoms with E-state index in [4.69, 9.17) is 0 Å². The molecule has 7 heteroatoms. The Morgan fingerprint density at radius 3 is 2.82 bits per heavy atom. The van der Waals surface area contributed by atoms with Gasteiger partial charge in [0.05, 0.1) is 18.2 Å². The summed E-state index contributed by atoms with van der Waals surface area (Å²) in [6.45, 7) is 1.87. The van der Waals surface area contributed by atoms with Gasteiger partial charge in [0.25, 0.3) is 0 Å². The van der Waals surface area contributed by atoms with E-state index in [1.54, 1.807) is 16.0 Å². The molecule has 0 fully saturated rings. The van der Waals surface area contributed by atoms with Crippen LogP contribution in [0.4, 0.5) is 0 Å². The molecule has 0 unspecified atom stereocenters. The van der Waals surface area contributed by atoms with Gasteiger partial charge in [-0.25, -0.2) is 0 Å². The number of carbonyl (C=O) groups is 1. The second-order valence-electron chi connectivity index (χ2n) is 4.83. The number of nitrogens with zero attached hydrogens (tertiary/aromatic N) is 4. The summed E-state index contributed by atoms with van der Waals surface area (Å²) >= 11 is 1.57. The van der Waals surface area contributed by atoms with Crippen LogP contribution in [0.1, 0.15) is 23.7 Å². The zero-order chi connectivity index (χ0) is 15.4. The number of rotatable bonds is 5. The molecular formula is C15H15N5OS. The van der Waals surface area contributed by atoms with Crippen molar-refractivity contribution in [3.8, 4) is 5.69 Å². The highest BCUT2D eigenvalue weighted by Crippen LogP contribution is 2.14. The van der Waals surface area contributed by atoms with Crippen molar-refractivity contribution in [2.45, 2.75) is 19.4 Å². The first kappa shape index (κ1) is 14.4. The number of benzene rings is 1. The summed E-state index contributed by atoms with van der Waals surface area (Å²) in [6, 6.07) is 13.2. The standard InChI is InChI=1S/C15H15N5OS/c1-11(16-14(21)10-13-8-5-9-22-13)15-17-18-19-20(15)12-6-3-2-4-7-12/h2-9,11H,10H2,1H3,(H,16,21)/t11-/m0/s1. The number of amides is 1. The van der Waals surface area contributed by atoms with Crippen molar-refractivity contribution in [2.75, 3.05) is 0 Å². The van der Waals surface area contributed by atoms with E-state index < -0.39 is 0 Å². The Kier molecular flexibility index (Phi) is 4.24. The summed E-state index contributed by atoms with van der Waals surface area (Å²) in [5.41, 5.74) is 0.863. The number of nitrogens with one attached hydrogen (secondary N) is 1. The Bertz CT molecular complexity index is 738. The van der Waals surface area contributed by atoms with Gasteiger partial charge in [-0.1, -0.05) is 24.3 Å². The molecule has 6 nitrogen and oxygen atoms in total. The summed E-state index contributed by atoms with van der Waals surface area (Å²) in [4.78, 5) is 13.1. The van der Waals surface area contributed by atoms with Crippen LogP contribution in [0.2, 0.25) is 0 Å². The van der Waals surface area contributed by atoms with Crippen molar-refractivity contribution in [3.63, 3.8) is 0 Å². The minimum absolute atomic E-state index is 0.0439. The van der Waals surface area contributed by atoms with E-state index >= 15 is 0 Å². The smallest absolute Gasteiger partial charge is 0.225 e. The number of para-hydroxylation sites is 1. The first-order chi connectivity index (χ1) is 10.7. The van der Waals surface area contributed by atoms with Crippen LogP contribution in [0.25, 0.3) is 5.69 Å².